The van der Waals surface area contributed by atoms with Gasteiger partial charge in [0.15, 0.2) is 5.13 Å². The molecule has 35 heavy (non-hydrogen) atoms. The molecular weight excluding hydrogens is 462 g/mol. The fourth-order valence-corrected chi connectivity index (χ4v) is 5.44. The molecule has 1 aliphatic heterocycles. The lowest BCUT2D eigenvalue weighted by Crippen LogP contribution is -2.32. The zero-order valence-electron chi connectivity index (χ0n) is 19.4. The predicted octanol–water partition coefficient (Wildman–Crippen LogP) is 5.75. The van der Waals surface area contributed by atoms with Crippen molar-refractivity contribution in [1.82, 2.24) is 9.97 Å². The third-order valence-electron chi connectivity index (χ3n) is 6.17. The standard InChI is InChI=1S/C26H25N5O3S/c1-18-8-10-21-24(15-18)35-26(28-21)30(17-20-7-3-4-12-27-20)25(32)19-9-11-22(23(16-19)31(33)34)29-13-5-2-6-14-29/h3-4,7-12,15-16H,2,5-6,13-14,17H2,1H3. The lowest BCUT2D eigenvalue weighted by atomic mass is 10.1. The van der Waals surface area contributed by atoms with Gasteiger partial charge in [-0.05, 0) is 68.1 Å². The molecular formula is C26H25N5O3S. The molecule has 0 radical (unpaired) electrons. The van der Waals surface area contributed by atoms with Crippen LogP contribution in [0.1, 0.15) is 40.9 Å². The number of piperidine rings is 1. The van der Waals surface area contributed by atoms with Crippen LogP contribution in [0.3, 0.4) is 0 Å². The van der Waals surface area contributed by atoms with E-state index in [1.165, 1.54) is 17.4 Å². The van der Waals surface area contributed by atoms with Crippen molar-refractivity contribution in [1.29, 1.82) is 0 Å². The lowest BCUT2D eigenvalue weighted by molar-refractivity contribution is -0.384. The van der Waals surface area contributed by atoms with Gasteiger partial charge in [-0.3, -0.25) is 24.8 Å². The molecule has 178 valence electrons. The van der Waals surface area contributed by atoms with Crippen molar-refractivity contribution in [2.24, 2.45) is 0 Å². The summed E-state index contributed by atoms with van der Waals surface area (Å²) in [6.45, 7) is 3.79. The maximum atomic E-state index is 13.8. The number of nitro groups is 1. The van der Waals surface area contributed by atoms with Gasteiger partial charge in [0.05, 0.1) is 27.4 Å². The Morgan fingerprint density at radius 1 is 1.11 bits per heavy atom. The molecule has 1 aliphatic rings. The highest BCUT2D eigenvalue weighted by Crippen LogP contribution is 2.34. The fraction of sp³-hybridized carbons (Fsp3) is 0.269. The summed E-state index contributed by atoms with van der Waals surface area (Å²) in [5.41, 5.74) is 3.40. The van der Waals surface area contributed by atoms with Crippen molar-refractivity contribution >= 4 is 44.0 Å². The Kier molecular flexibility index (Phi) is 6.41. The fourth-order valence-electron chi connectivity index (χ4n) is 4.38. The Morgan fingerprint density at radius 3 is 2.69 bits per heavy atom. The average molecular weight is 488 g/mol. The van der Waals surface area contributed by atoms with Gasteiger partial charge in [0.2, 0.25) is 0 Å². The number of rotatable bonds is 6. The molecule has 5 rings (SSSR count). The van der Waals surface area contributed by atoms with Crippen molar-refractivity contribution in [3.8, 4) is 0 Å². The first-order valence-electron chi connectivity index (χ1n) is 11.6. The van der Waals surface area contributed by atoms with E-state index in [0.717, 1.165) is 48.1 Å². The largest absolute Gasteiger partial charge is 0.366 e. The number of thiazole rings is 1. The van der Waals surface area contributed by atoms with Crippen LogP contribution in [0.15, 0.2) is 60.8 Å². The second kappa shape index (κ2) is 9.79. The SMILES string of the molecule is Cc1ccc2nc(N(Cc3ccccn3)C(=O)c3ccc(N4CCCCC4)c([N+](=O)[O-])c3)sc2c1. The third kappa shape index (κ3) is 4.85. The topological polar surface area (TPSA) is 92.5 Å². The van der Waals surface area contributed by atoms with E-state index in [1.807, 2.05) is 48.2 Å². The van der Waals surface area contributed by atoms with Crippen LogP contribution in [0.5, 0.6) is 0 Å². The van der Waals surface area contributed by atoms with Crippen molar-refractivity contribution < 1.29 is 9.72 Å². The molecule has 0 aliphatic carbocycles. The predicted molar refractivity (Wildman–Crippen MR) is 138 cm³/mol. The van der Waals surface area contributed by atoms with Gasteiger partial charge in [0.1, 0.15) is 5.69 Å². The molecule has 8 nitrogen and oxygen atoms in total. The monoisotopic (exact) mass is 487 g/mol. The number of nitrogens with zero attached hydrogens (tertiary/aromatic N) is 5. The smallest absolute Gasteiger partial charge is 0.293 e. The molecule has 0 saturated carbocycles. The van der Waals surface area contributed by atoms with E-state index in [1.54, 1.807) is 23.2 Å². The van der Waals surface area contributed by atoms with Gasteiger partial charge in [-0.15, -0.1) is 0 Å². The number of aromatic nitrogens is 2. The van der Waals surface area contributed by atoms with E-state index < -0.39 is 4.92 Å². The Bertz CT molecular complexity index is 1380. The zero-order valence-corrected chi connectivity index (χ0v) is 20.2. The summed E-state index contributed by atoms with van der Waals surface area (Å²) in [6, 6.07) is 16.3. The van der Waals surface area contributed by atoms with Gasteiger partial charge in [-0.25, -0.2) is 4.98 Å². The van der Waals surface area contributed by atoms with Crippen LogP contribution < -0.4 is 9.80 Å². The van der Waals surface area contributed by atoms with Crippen molar-refractivity contribution in [2.45, 2.75) is 32.7 Å². The van der Waals surface area contributed by atoms with Crippen LogP contribution in [0.25, 0.3) is 10.2 Å². The van der Waals surface area contributed by atoms with Gasteiger partial charge in [0.25, 0.3) is 11.6 Å². The summed E-state index contributed by atoms with van der Waals surface area (Å²) in [5, 5.41) is 12.5. The normalized spacial score (nSPS) is 13.7. The zero-order chi connectivity index (χ0) is 24.4. The van der Waals surface area contributed by atoms with Crippen LogP contribution in [0, 0.1) is 17.0 Å². The number of pyridine rings is 1. The van der Waals surface area contributed by atoms with E-state index in [4.69, 9.17) is 4.98 Å². The summed E-state index contributed by atoms with van der Waals surface area (Å²) in [5.74, 6) is -0.347. The van der Waals surface area contributed by atoms with Crippen LogP contribution in [0.2, 0.25) is 0 Å². The number of carbonyl (C=O) groups excluding carboxylic acids is 1. The van der Waals surface area contributed by atoms with E-state index in [2.05, 4.69) is 4.98 Å². The molecule has 3 heterocycles. The second-order valence-corrected chi connectivity index (χ2v) is 9.70. The van der Waals surface area contributed by atoms with Gasteiger partial charge in [-0.1, -0.05) is 23.5 Å². The summed E-state index contributed by atoms with van der Waals surface area (Å²) < 4.78 is 0.977. The molecule has 1 amide bonds. The van der Waals surface area contributed by atoms with Crippen LogP contribution in [0.4, 0.5) is 16.5 Å². The Morgan fingerprint density at radius 2 is 1.94 bits per heavy atom. The first-order valence-corrected chi connectivity index (χ1v) is 12.4. The van der Waals surface area contributed by atoms with Crippen LogP contribution in [-0.4, -0.2) is 33.9 Å². The number of aryl methyl sites for hydroxylation is 1. The quantitative estimate of drug-likeness (QED) is 0.254. The number of anilines is 2. The number of benzene rings is 2. The highest BCUT2D eigenvalue weighted by atomic mass is 32.1. The second-order valence-electron chi connectivity index (χ2n) is 8.69. The number of fused-ring (bicyclic) bond motifs is 1. The average Bonchev–Trinajstić information content (AvgIpc) is 3.30. The Balaban J connectivity index is 1.54. The molecule has 1 fully saturated rings. The lowest BCUT2D eigenvalue weighted by Gasteiger charge is -2.28. The van der Waals surface area contributed by atoms with E-state index in [-0.39, 0.29) is 23.7 Å². The minimum absolute atomic E-state index is 0.0459. The first kappa shape index (κ1) is 22.9. The van der Waals surface area contributed by atoms with Crippen LogP contribution >= 0.6 is 11.3 Å². The molecule has 0 unspecified atom stereocenters. The van der Waals surface area contributed by atoms with Gasteiger partial charge in [-0.2, -0.15) is 0 Å². The summed E-state index contributed by atoms with van der Waals surface area (Å²) in [6.07, 6.45) is 4.82. The summed E-state index contributed by atoms with van der Waals surface area (Å²) in [7, 11) is 0. The number of nitro benzene ring substituents is 1. The highest BCUT2D eigenvalue weighted by molar-refractivity contribution is 7.22. The highest BCUT2D eigenvalue weighted by Gasteiger charge is 2.27. The maximum absolute atomic E-state index is 13.8. The molecule has 9 heteroatoms. The van der Waals surface area contributed by atoms with E-state index in [0.29, 0.717) is 16.5 Å². The number of amides is 1. The summed E-state index contributed by atoms with van der Waals surface area (Å²) >= 11 is 1.42. The Labute approximate surface area is 207 Å². The number of carbonyl (C=O) groups is 1. The van der Waals surface area contributed by atoms with Crippen molar-refractivity contribution in [3.05, 3.63) is 87.7 Å². The minimum Gasteiger partial charge on any atom is -0.366 e. The van der Waals surface area contributed by atoms with Gasteiger partial charge < -0.3 is 4.90 Å². The molecule has 0 spiro atoms. The van der Waals surface area contributed by atoms with Gasteiger partial charge >= 0.3 is 0 Å². The summed E-state index contributed by atoms with van der Waals surface area (Å²) in [4.78, 5) is 38.0. The molecule has 0 bridgehead atoms. The van der Waals surface area contributed by atoms with Crippen LogP contribution in [-0.2, 0) is 6.54 Å². The molecule has 2 aromatic carbocycles. The molecule has 1 saturated heterocycles. The Hall–Kier alpha value is -3.85. The number of hydrogen-bond donors (Lipinski definition) is 0. The minimum atomic E-state index is -0.399. The van der Waals surface area contributed by atoms with Crippen molar-refractivity contribution in [3.63, 3.8) is 0 Å². The third-order valence-corrected chi connectivity index (χ3v) is 7.21. The number of hydrogen-bond acceptors (Lipinski definition) is 7. The van der Waals surface area contributed by atoms with E-state index in [9.17, 15) is 14.9 Å². The first-order chi connectivity index (χ1) is 17.0. The molecule has 2 aromatic heterocycles. The molecule has 0 N–H and O–H groups in total. The molecule has 0 atom stereocenters. The van der Waals surface area contributed by atoms with E-state index >= 15 is 0 Å². The van der Waals surface area contributed by atoms with Gasteiger partial charge in [0, 0.05) is 30.9 Å². The van der Waals surface area contributed by atoms with Crippen molar-refractivity contribution in [2.75, 3.05) is 22.9 Å². The molecule has 4 aromatic rings. The maximum Gasteiger partial charge on any atom is 0.293 e.